The number of carbonyl (C=O) groups is 1. The Morgan fingerprint density at radius 1 is 1.47 bits per heavy atom. The van der Waals surface area contributed by atoms with Gasteiger partial charge in [0, 0.05) is 12.6 Å². The summed E-state index contributed by atoms with van der Waals surface area (Å²) in [6.07, 6.45) is 3.43. The van der Waals surface area contributed by atoms with Crippen LogP contribution in [-0.4, -0.2) is 35.2 Å². The lowest BCUT2D eigenvalue weighted by molar-refractivity contribution is -0.119. The van der Waals surface area contributed by atoms with E-state index >= 15 is 0 Å². The number of thioether (sulfide) groups is 1. The number of rotatable bonds is 6. The number of anilines is 1. The minimum atomic E-state index is -0.0250. The summed E-state index contributed by atoms with van der Waals surface area (Å²) >= 11 is 1.54. The molecule has 6 heteroatoms. The summed E-state index contributed by atoms with van der Waals surface area (Å²) in [5.41, 5.74) is 0. The molecule has 0 aliphatic rings. The van der Waals surface area contributed by atoms with Crippen LogP contribution in [0.2, 0.25) is 0 Å². The van der Waals surface area contributed by atoms with Crippen LogP contribution < -0.4 is 10.6 Å². The molecule has 1 aromatic heterocycles. The topological polar surface area (TPSA) is 66.9 Å². The fourth-order valence-corrected chi connectivity index (χ4v) is 1.48. The molecule has 0 unspecified atom stereocenters. The summed E-state index contributed by atoms with van der Waals surface area (Å²) in [7, 11) is 0. The van der Waals surface area contributed by atoms with Gasteiger partial charge in [-0.15, -0.1) is 11.8 Å². The normalized spacial score (nSPS) is 10.4. The summed E-state index contributed by atoms with van der Waals surface area (Å²) in [5, 5.41) is 6.68. The molecular weight excluding hydrogens is 236 g/mol. The number of aromatic nitrogens is 2. The molecule has 0 aromatic carbocycles. The van der Waals surface area contributed by atoms with E-state index in [0.717, 1.165) is 5.03 Å². The molecule has 0 aliphatic heterocycles. The van der Waals surface area contributed by atoms with Gasteiger partial charge in [0.05, 0.1) is 6.54 Å². The smallest absolute Gasteiger partial charge is 0.239 e. The molecule has 0 radical (unpaired) electrons. The van der Waals surface area contributed by atoms with Gasteiger partial charge >= 0.3 is 0 Å². The molecule has 0 fully saturated rings. The molecule has 1 rings (SSSR count). The van der Waals surface area contributed by atoms with Crippen LogP contribution in [0.3, 0.4) is 0 Å². The lowest BCUT2D eigenvalue weighted by atomic mass is 10.2. The van der Waals surface area contributed by atoms with Gasteiger partial charge in [0.1, 0.15) is 17.2 Å². The van der Waals surface area contributed by atoms with Crippen molar-refractivity contribution in [3.8, 4) is 0 Å². The van der Waals surface area contributed by atoms with Crippen LogP contribution in [0.25, 0.3) is 0 Å². The Morgan fingerprint density at radius 2 is 2.24 bits per heavy atom. The number of nitrogens with one attached hydrogen (secondary N) is 2. The van der Waals surface area contributed by atoms with E-state index in [-0.39, 0.29) is 12.5 Å². The zero-order valence-corrected chi connectivity index (χ0v) is 11.2. The summed E-state index contributed by atoms with van der Waals surface area (Å²) < 4.78 is 0. The largest absolute Gasteiger partial charge is 0.361 e. The predicted molar refractivity (Wildman–Crippen MR) is 70.2 cm³/mol. The maximum absolute atomic E-state index is 11.5. The first-order valence-electron chi connectivity index (χ1n) is 5.48. The van der Waals surface area contributed by atoms with Gasteiger partial charge in [-0.1, -0.05) is 13.8 Å². The van der Waals surface area contributed by atoms with E-state index in [0.29, 0.717) is 18.3 Å². The molecular formula is C11H18N4OS. The van der Waals surface area contributed by atoms with Crippen molar-refractivity contribution in [2.75, 3.05) is 24.7 Å². The van der Waals surface area contributed by atoms with E-state index in [4.69, 9.17) is 0 Å². The van der Waals surface area contributed by atoms with Crippen molar-refractivity contribution in [3.05, 3.63) is 12.4 Å². The summed E-state index contributed by atoms with van der Waals surface area (Å²) in [6, 6.07) is 1.82. The van der Waals surface area contributed by atoms with Gasteiger partial charge in [-0.25, -0.2) is 9.97 Å². The third kappa shape index (κ3) is 5.53. The molecule has 1 heterocycles. The molecule has 0 saturated carbocycles. The van der Waals surface area contributed by atoms with Crippen LogP contribution >= 0.6 is 11.8 Å². The second-order valence-corrected chi connectivity index (χ2v) is 4.82. The van der Waals surface area contributed by atoms with Gasteiger partial charge < -0.3 is 10.6 Å². The Hall–Kier alpha value is -1.30. The van der Waals surface area contributed by atoms with Crippen LogP contribution in [0, 0.1) is 5.92 Å². The summed E-state index contributed by atoms with van der Waals surface area (Å²) in [5.74, 6) is 1.10. The highest BCUT2D eigenvalue weighted by molar-refractivity contribution is 7.98. The summed E-state index contributed by atoms with van der Waals surface area (Å²) in [4.78, 5) is 19.5. The van der Waals surface area contributed by atoms with Gasteiger partial charge in [-0.3, -0.25) is 4.79 Å². The highest BCUT2D eigenvalue weighted by Gasteiger charge is 2.03. The summed E-state index contributed by atoms with van der Waals surface area (Å²) in [6.45, 7) is 5.05. The third-order valence-electron chi connectivity index (χ3n) is 1.99. The highest BCUT2D eigenvalue weighted by atomic mass is 32.2. The molecule has 2 N–H and O–H groups in total. The van der Waals surface area contributed by atoms with Crippen molar-refractivity contribution in [1.29, 1.82) is 0 Å². The van der Waals surface area contributed by atoms with Gasteiger partial charge in [0.15, 0.2) is 0 Å². The van der Waals surface area contributed by atoms with Crippen LogP contribution in [0.5, 0.6) is 0 Å². The van der Waals surface area contributed by atoms with Crippen LogP contribution in [0.15, 0.2) is 17.4 Å². The number of hydrogen-bond acceptors (Lipinski definition) is 5. The average Bonchev–Trinajstić information content (AvgIpc) is 2.34. The van der Waals surface area contributed by atoms with E-state index in [1.54, 1.807) is 0 Å². The Bertz CT molecular complexity index is 370. The van der Waals surface area contributed by atoms with Gasteiger partial charge in [0.2, 0.25) is 5.91 Å². The monoisotopic (exact) mass is 254 g/mol. The quantitative estimate of drug-likeness (QED) is 0.593. The van der Waals surface area contributed by atoms with E-state index in [1.807, 2.05) is 12.3 Å². The number of amides is 1. The Labute approximate surface area is 106 Å². The molecule has 17 heavy (non-hydrogen) atoms. The Kier molecular flexibility index (Phi) is 5.76. The molecule has 0 bridgehead atoms. The second-order valence-electron chi connectivity index (χ2n) is 4.00. The maximum atomic E-state index is 11.5. The molecule has 1 amide bonds. The number of carbonyl (C=O) groups excluding carboxylic acids is 1. The lowest BCUT2D eigenvalue weighted by Crippen LogP contribution is -2.32. The fraction of sp³-hybridized carbons (Fsp3) is 0.545. The van der Waals surface area contributed by atoms with Gasteiger partial charge in [0.25, 0.3) is 0 Å². The van der Waals surface area contributed by atoms with E-state index in [1.165, 1.54) is 18.1 Å². The van der Waals surface area contributed by atoms with Crippen molar-refractivity contribution in [1.82, 2.24) is 15.3 Å². The predicted octanol–water partition coefficient (Wildman–Crippen LogP) is 1.38. The van der Waals surface area contributed by atoms with Crippen LogP contribution in [0.4, 0.5) is 5.82 Å². The first-order valence-corrected chi connectivity index (χ1v) is 6.71. The zero-order chi connectivity index (χ0) is 12.7. The van der Waals surface area contributed by atoms with Gasteiger partial charge in [-0.05, 0) is 12.2 Å². The van der Waals surface area contributed by atoms with E-state index in [2.05, 4.69) is 34.4 Å². The SMILES string of the molecule is CSc1cc(NCC(=O)NCC(C)C)ncn1. The Balaban J connectivity index is 2.36. The van der Waals surface area contributed by atoms with E-state index in [9.17, 15) is 4.79 Å². The van der Waals surface area contributed by atoms with Crippen molar-refractivity contribution in [2.45, 2.75) is 18.9 Å². The third-order valence-corrected chi connectivity index (χ3v) is 2.63. The fourth-order valence-electron chi connectivity index (χ4n) is 1.10. The maximum Gasteiger partial charge on any atom is 0.239 e. The van der Waals surface area contributed by atoms with E-state index < -0.39 is 0 Å². The van der Waals surface area contributed by atoms with Crippen molar-refractivity contribution in [2.24, 2.45) is 5.92 Å². The molecule has 0 atom stereocenters. The molecule has 0 spiro atoms. The van der Waals surface area contributed by atoms with Crippen LogP contribution in [0.1, 0.15) is 13.8 Å². The molecule has 94 valence electrons. The number of hydrogen-bond donors (Lipinski definition) is 2. The highest BCUT2D eigenvalue weighted by Crippen LogP contribution is 2.13. The first kappa shape index (κ1) is 13.8. The Morgan fingerprint density at radius 3 is 2.88 bits per heavy atom. The lowest BCUT2D eigenvalue weighted by Gasteiger charge is -2.09. The molecule has 5 nitrogen and oxygen atoms in total. The average molecular weight is 254 g/mol. The first-order chi connectivity index (χ1) is 8.11. The molecule has 0 saturated heterocycles. The van der Waals surface area contributed by atoms with Gasteiger partial charge in [-0.2, -0.15) is 0 Å². The molecule has 1 aromatic rings. The second kappa shape index (κ2) is 7.11. The number of nitrogens with zero attached hydrogens (tertiary/aromatic N) is 2. The zero-order valence-electron chi connectivity index (χ0n) is 10.4. The van der Waals surface area contributed by atoms with Crippen molar-refractivity contribution in [3.63, 3.8) is 0 Å². The van der Waals surface area contributed by atoms with Crippen molar-refractivity contribution >= 4 is 23.5 Å². The van der Waals surface area contributed by atoms with Crippen LogP contribution in [-0.2, 0) is 4.79 Å². The minimum Gasteiger partial charge on any atom is -0.361 e. The minimum absolute atomic E-state index is 0.0250. The molecule has 0 aliphatic carbocycles. The van der Waals surface area contributed by atoms with Crippen molar-refractivity contribution < 1.29 is 4.79 Å². The standard InChI is InChI=1S/C11H18N4OS/c1-8(2)5-13-10(16)6-12-9-4-11(17-3)15-7-14-9/h4,7-8H,5-6H2,1-3H3,(H,13,16)(H,12,14,15).